The van der Waals surface area contributed by atoms with Crippen molar-refractivity contribution in [2.75, 3.05) is 23.8 Å². The zero-order chi connectivity index (χ0) is 13.4. The summed E-state index contributed by atoms with van der Waals surface area (Å²) in [6, 6.07) is 0.332. The molecule has 18 heavy (non-hydrogen) atoms. The fraction of sp³-hybridized carbons (Fsp3) is 0.769. The van der Waals surface area contributed by atoms with Crippen molar-refractivity contribution < 1.29 is 4.74 Å². The molecular weight excluding hydrogens is 228 g/mol. The Hall–Kier alpha value is -1.23. The molecule has 2 N–H and O–H groups in total. The van der Waals surface area contributed by atoms with Crippen molar-refractivity contribution in [1.82, 2.24) is 9.78 Å². The maximum Gasteiger partial charge on any atom is 0.150 e. The Morgan fingerprint density at radius 2 is 2.06 bits per heavy atom. The van der Waals surface area contributed by atoms with Crippen LogP contribution in [0.25, 0.3) is 0 Å². The third-order valence-electron chi connectivity index (χ3n) is 3.51. The molecule has 0 radical (unpaired) electrons. The van der Waals surface area contributed by atoms with E-state index in [9.17, 15) is 0 Å². The monoisotopic (exact) mass is 252 g/mol. The summed E-state index contributed by atoms with van der Waals surface area (Å²) in [5.41, 5.74) is 8.08. The fourth-order valence-electron chi connectivity index (χ4n) is 2.52. The predicted octanol–water partition coefficient (Wildman–Crippen LogP) is 1.74. The van der Waals surface area contributed by atoms with E-state index in [-0.39, 0.29) is 6.10 Å². The molecule has 102 valence electrons. The standard InChI is InChI=1S/C13H24N4O/c1-8(2)12-11(14)13(16(5)15-12)17-6-10(4)18-7-9(17)3/h8-10H,6-7,14H2,1-5H3. The molecule has 1 aromatic heterocycles. The minimum atomic E-state index is 0.234. The van der Waals surface area contributed by atoms with Gasteiger partial charge in [0.25, 0.3) is 0 Å². The molecule has 1 saturated heterocycles. The van der Waals surface area contributed by atoms with Gasteiger partial charge in [-0.25, -0.2) is 0 Å². The van der Waals surface area contributed by atoms with Crippen molar-refractivity contribution in [2.24, 2.45) is 7.05 Å². The number of ether oxygens (including phenoxy) is 1. The van der Waals surface area contributed by atoms with E-state index in [0.29, 0.717) is 12.0 Å². The van der Waals surface area contributed by atoms with Crippen LogP contribution in [0.4, 0.5) is 11.5 Å². The SMILES string of the molecule is CC1CN(c2c(N)c(C(C)C)nn2C)C(C)CO1. The van der Waals surface area contributed by atoms with Gasteiger partial charge in [-0.15, -0.1) is 0 Å². The van der Waals surface area contributed by atoms with E-state index >= 15 is 0 Å². The van der Waals surface area contributed by atoms with Crippen molar-refractivity contribution in [1.29, 1.82) is 0 Å². The minimum Gasteiger partial charge on any atom is -0.394 e. The van der Waals surface area contributed by atoms with Crippen LogP contribution >= 0.6 is 0 Å². The predicted molar refractivity (Wildman–Crippen MR) is 73.9 cm³/mol. The van der Waals surface area contributed by atoms with E-state index < -0.39 is 0 Å². The van der Waals surface area contributed by atoms with E-state index in [1.54, 1.807) is 0 Å². The highest BCUT2D eigenvalue weighted by Gasteiger charge is 2.29. The van der Waals surface area contributed by atoms with E-state index in [1.807, 2.05) is 11.7 Å². The summed E-state index contributed by atoms with van der Waals surface area (Å²) in [4.78, 5) is 2.31. The highest BCUT2D eigenvalue weighted by Crippen LogP contribution is 2.33. The van der Waals surface area contributed by atoms with Gasteiger partial charge in [-0.3, -0.25) is 4.68 Å². The molecule has 0 saturated carbocycles. The van der Waals surface area contributed by atoms with E-state index in [4.69, 9.17) is 10.5 Å². The van der Waals surface area contributed by atoms with Crippen LogP contribution in [0.2, 0.25) is 0 Å². The highest BCUT2D eigenvalue weighted by molar-refractivity contribution is 5.67. The van der Waals surface area contributed by atoms with E-state index in [1.165, 1.54) is 0 Å². The average Bonchev–Trinajstić information content (AvgIpc) is 2.58. The number of aryl methyl sites for hydroxylation is 1. The van der Waals surface area contributed by atoms with Crippen LogP contribution in [0.15, 0.2) is 0 Å². The highest BCUT2D eigenvalue weighted by atomic mass is 16.5. The molecule has 0 bridgehead atoms. The van der Waals surface area contributed by atoms with Crippen LogP contribution < -0.4 is 10.6 Å². The van der Waals surface area contributed by atoms with Gasteiger partial charge in [-0.2, -0.15) is 5.10 Å². The van der Waals surface area contributed by atoms with Crippen LogP contribution in [0.1, 0.15) is 39.3 Å². The number of hydrogen-bond acceptors (Lipinski definition) is 4. The number of hydrogen-bond donors (Lipinski definition) is 1. The molecule has 1 aliphatic rings. The normalized spacial score (nSPS) is 24.9. The van der Waals surface area contributed by atoms with Gasteiger partial charge in [0.15, 0.2) is 5.82 Å². The molecule has 0 aromatic carbocycles. The maximum absolute atomic E-state index is 6.28. The van der Waals surface area contributed by atoms with Crippen molar-refractivity contribution in [3.8, 4) is 0 Å². The van der Waals surface area contributed by atoms with Crippen molar-refractivity contribution in [2.45, 2.75) is 45.8 Å². The number of nitrogens with zero attached hydrogens (tertiary/aromatic N) is 3. The van der Waals surface area contributed by atoms with Gasteiger partial charge in [-0.1, -0.05) is 13.8 Å². The number of rotatable bonds is 2. The van der Waals surface area contributed by atoms with Gasteiger partial charge in [0.1, 0.15) is 0 Å². The van der Waals surface area contributed by atoms with Crippen LogP contribution in [-0.2, 0) is 11.8 Å². The lowest BCUT2D eigenvalue weighted by atomic mass is 10.1. The van der Waals surface area contributed by atoms with Crippen LogP contribution in [-0.4, -0.2) is 35.1 Å². The molecule has 1 aliphatic heterocycles. The summed E-state index contributed by atoms with van der Waals surface area (Å²) >= 11 is 0. The first-order chi connectivity index (χ1) is 8.41. The number of nitrogen functional groups attached to an aromatic ring is 1. The Kier molecular flexibility index (Phi) is 3.52. The number of nitrogens with two attached hydrogens (primary N) is 1. The van der Waals surface area contributed by atoms with Crippen molar-refractivity contribution >= 4 is 11.5 Å². The summed E-state index contributed by atoms with van der Waals surface area (Å²) < 4.78 is 7.57. The van der Waals surface area contributed by atoms with Crippen molar-refractivity contribution in [3.63, 3.8) is 0 Å². The second-order valence-electron chi connectivity index (χ2n) is 5.55. The third kappa shape index (κ3) is 2.19. The van der Waals surface area contributed by atoms with Gasteiger partial charge in [-0.05, 0) is 19.8 Å². The second kappa shape index (κ2) is 4.80. The largest absolute Gasteiger partial charge is 0.394 e. The van der Waals surface area contributed by atoms with Gasteiger partial charge in [0.05, 0.1) is 30.1 Å². The maximum atomic E-state index is 6.28. The number of anilines is 2. The Bertz CT molecular complexity index is 427. The van der Waals surface area contributed by atoms with Crippen LogP contribution in [0, 0.1) is 0 Å². The van der Waals surface area contributed by atoms with Crippen LogP contribution in [0.5, 0.6) is 0 Å². The average molecular weight is 252 g/mol. The lowest BCUT2D eigenvalue weighted by Crippen LogP contribution is -2.48. The number of morpholine rings is 1. The third-order valence-corrected chi connectivity index (χ3v) is 3.51. The molecule has 1 aromatic rings. The summed E-state index contributed by atoms with van der Waals surface area (Å²) in [5, 5.41) is 4.55. The number of aromatic nitrogens is 2. The zero-order valence-corrected chi connectivity index (χ0v) is 12.0. The summed E-state index contributed by atoms with van der Waals surface area (Å²) in [6.07, 6.45) is 0.234. The van der Waals surface area contributed by atoms with Crippen LogP contribution in [0.3, 0.4) is 0 Å². The first-order valence-electron chi connectivity index (χ1n) is 6.62. The lowest BCUT2D eigenvalue weighted by molar-refractivity contribution is 0.0338. The molecule has 2 unspecified atom stereocenters. The molecule has 5 nitrogen and oxygen atoms in total. The van der Waals surface area contributed by atoms with Gasteiger partial charge >= 0.3 is 0 Å². The fourth-order valence-corrected chi connectivity index (χ4v) is 2.52. The molecule has 1 fully saturated rings. The Morgan fingerprint density at radius 3 is 2.61 bits per heavy atom. The molecule has 2 rings (SSSR count). The molecule has 0 amide bonds. The molecule has 5 heteroatoms. The minimum absolute atomic E-state index is 0.234. The van der Waals surface area contributed by atoms with Gasteiger partial charge in [0, 0.05) is 13.6 Å². The van der Waals surface area contributed by atoms with Crippen molar-refractivity contribution in [3.05, 3.63) is 5.69 Å². The Labute approximate surface area is 109 Å². The quantitative estimate of drug-likeness (QED) is 0.871. The van der Waals surface area contributed by atoms with Gasteiger partial charge < -0.3 is 15.4 Å². The lowest BCUT2D eigenvalue weighted by Gasteiger charge is -2.38. The smallest absolute Gasteiger partial charge is 0.150 e. The van der Waals surface area contributed by atoms with E-state index in [0.717, 1.165) is 30.4 Å². The first kappa shape index (κ1) is 13.2. The van der Waals surface area contributed by atoms with Gasteiger partial charge in [0.2, 0.25) is 0 Å². The molecule has 0 spiro atoms. The topological polar surface area (TPSA) is 56.3 Å². The second-order valence-corrected chi connectivity index (χ2v) is 5.55. The summed E-state index contributed by atoms with van der Waals surface area (Å²) in [7, 11) is 1.96. The summed E-state index contributed by atoms with van der Waals surface area (Å²) in [5.74, 6) is 1.38. The Balaban J connectivity index is 2.37. The summed E-state index contributed by atoms with van der Waals surface area (Å²) in [6.45, 7) is 10.1. The molecule has 2 heterocycles. The molecule has 2 atom stereocenters. The molecule has 0 aliphatic carbocycles. The zero-order valence-electron chi connectivity index (χ0n) is 12.0. The van der Waals surface area contributed by atoms with E-state index in [2.05, 4.69) is 37.7 Å². The molecular formula is C13H24N4O. The first-order valence-corrected chi connectivity index (χ1v) is 6.62. The Morgan fingerprint density at radius 1 is 1.39 bits per heavy atom.